The van der Waals surface area contributed by atoms with Crippen LogP contribution in [0.15, 0.2) is 0 Å². The molecule has 0 aromatic carbocycles. The first-order valence-electron chi connectivity index (χ1n) is 5.92. The summed E-state index contributed by atoms with van der Waals surface area (Å²) in [5, 5.41) is -1.70. The van der Waals surface area contributed by atoms with E-state index in [2.05, 4.69) is 0 Å². The van der Waals surface area contributed by atoms with Crippen molar-refractivity contribution in [3.63, 3.8) is 0 Å². The van der Waals surface area contributed by atoms with Crippen LogP contribution in [0.25, 0.3) is 0 Å². The van der Waals surface area contributed by atoms with Crippen molar-refractivity contribution in [2.45, 2.75) is 49.4 Å². The van der Waals surface area contributed by atoms with Crippen molar-refractivity contribution in [2.75, 3.05) is 11.5 Å². The Bertz CT molecular complexity index is 447. The average Bonchev–Trinajstić information content (AvgIpc) is 2.88. The molecule has 0 amide bonds. The molecular formula is C10H18O5S2. The summed E-state index contributed by atoms with van der Waals surface area (Å²) >= 11 is 0. The number of sulfone groups is 2. The van der Waals surface area contributed by atoms with Crippen molar-refractivity contribution in [1.29, 1.82) is 0 Å². The summed E-state index contributed by atoms with van der Waals surface area (Å²) in [6.07, 6.45) is 0.474. The maximum Gasteiger partial charge on any atom is 0.156 e. The summed E-state index contributed by atoms with van der Waals surface area (Å²) in [4.78, 5) is 0. The lowest BCUT2D eigenvalue weighted by Crippen LogP contribution is -2.48. The minimum Gasteiger partial charge on any atom is -0.372 e. The zero-order valence-corrected chi connectivity index (χ0v) is 11.6. The third-order valence-corrected chi connectivity index (χ3v) is 8.41. The molecule has 2 rings (SSSR count). The third kappa shape index (κ3) is 2.02. The standard InChI is InChI=1S/C10H18O5S2/c1-3-16(11,12)9-7-5-6-8(15-7)10(9)17(13,14)4-2/h7-10H,3-6H2,1-2H3/t7-,8+,9-,10-/m0/s1. The Kier molecular flexibility index (Phi) is 3.29. The Morgan fingerprint density at radius 2 is 1.24 bits per heavy atom. The van der Waals surface area contributed by atoms with Crippen LogP contribution >= 0.6 is 0 Å². The molecule has 4 atom stereocenters. The van der Waals surface area contributed by atoms with Gasteiger partial charge in [-0.25, -0.2) is 16.8 Å². The molecule has 2 saturated heterocycles. The highest BCUT2D eigenvalue weighted by molar-refractivity contribution is 7.96. The number of hydrogen-bond donors (Lipinski definition) is 0. The molecule has 2 aliphatic rings. The SMILES string of the molecule is CCS(=O)(=O)[C@@H]1[C@@H](S(=O)(=O)CC)[C@H]2CC[C@@H]1O2. The highest BCUT2D eigenvalue weighted by Gasteiger charge is 2.58. The lowest BCUT2D eigenvalue weighted by Gasteiger charge is -2.26. The Morgan fingerprint density at radius 1 is 0.882 bits per heavy atom. The van der Waals surface area contributed by atoms with E-state index in [9.17, 15) is 16.8 Å². The number of ether oxygens (including phenoxy) is 1. The van der Waals surface area contributed by atoms with Crippen LogP contribution < -0.4 is 0 Å². The van der Waals surface area contributed by atoms with Crippen LogP contribution in [0, 0.1) is 0 Å². The van der Waals surface area contributed by atoms with Crippen LogP contribution in [0.5, 0.6) is 0 Å². The molecule has 2 aliphatic heterocycles. The zero-order chi connectivity index (χ0) is 12.8. The van der Waals surface area contributed by atoms with Gasteiger partial charge in [0.2, 0.25) is 0 Å². The molecule has 0 aromatic rings. The first-order valence-corrected chi connectivity index (χ1v) is 9.35. The van der Waals surface area contributed by atoms with Crippen LogP contribution in [-0.2, 0) is 24.4 Å². The maximum atomic E-state index is 12.0. The Morgan fingerprint density at radius 3 is 1.53 bits per heavy atom. The molecular weight excluding hydrogens is 264 g/mol. The monoisotopic (exact) mass is 282 g/mol. The van der Waals surface area contributed by atoms with Gasteiger partial charge < -0.3 is 4.74 Å². The predicted molar refractivity (Wildman–Crippen MR) is 64.4 cm³/mol. The topological polar surface area (TPSA) is 77.5 Å². The number of fused-ring (bicyclic) bond motifs is 2. The van der Waals surface area contributed by atoms with Crippen molar-refractivity contribution >= 4 is 19.7 Å². The molecule has 2 fully saturated rings. The van der Waals surface area contributed by atoms with Gasteiger partial charge in [0, 0.05) is 11.5 Å². The van der Waals surface area contributed by atoms with E-state index in [1.807, 2.05) is 0 Å². The second-order valence-corrected chi connectivity index (χ2v) is 9.52. The van der Waals surface area contributed by atoms with Gasteiger partial charge in [-0.1, -0.05) is 13.8 Å². The predicted octanol–water partition coefficient (Wildman–Crippen LogP) is 0.154. The molecule has 100 valence electrons. The smallest absolute Gasteiger partial charge is 0.156 e. The van der Waals surface area contributed by atoms with Gasteiger partial charge >= 0.3 is 0 Å². The first-order chi connectivity index (χ1) is 7.83. The van der Waals surface area contributed by atoms with E-state index in [4.69, 9.17) is 4.74 Å². The molecule has 0 N–H and O–H groups in total. The summed E-state index contributed by atoms with van der Waals surface area (Å²) in [6.45, 7) is 3.11. The highest BCUT2D eigenvalue weighted by atomic mass is 32.2. The minimum absolute atomic E-state index is 0.0278. The van der Waals surface area contributed by atoms with Crippen molar-refractivity contribution in [2.24, 2.45) is 0 Å². The number of rotatable bonds is 4. The first kappa shape index (κ1) is 13.3. The minimum atomic E-state index is -3.38. The van der Waals surface area contributed by atoms with E-state index in [0.29, 0.717) is 12.8 Å². The summed E-state index contributed by atoms with van der Waals surface area (Å²) in [5.74, 6) is -0.0556. The van der Waals surface area contributed by atoms with Crippen LogP contribution in [0.2, 0.25) is 0 Å². The van der Waals surface area contributed by atoms with Crippen molar-refractivity contribution < 1.29 is 21.6 Å². The second kappa shape index (κ2) is 4.20. The van der Waals surface area contributed by atoms with E-state index in [1.54, 1.807) is 13.8 Å². The van der Waals surface area contributed by atoms with E-state index < -0.39 is 42.4 Å². The van der Waals surface area contributed by atoms with E-state index in [0.717, 1.165) is 0 Å². The van der Waals surface area contributed by atoms with E-state index >= 15 is 0 Å². The maximum absolute atomic E-state index is 12.0. The zero-order valence-electron chi connectivity index (χ0n) is 10.00. The molecule has 17 heavy (non-hydrogen) atoms. The molecule has 0 spiro atoms. The molecule has 0 saturated carbocycles. The second-order valence-electron chi connectivity index (χ2n) is 4.62. The quantitative estimate of drug-likeness (QED) is 0.733. The van der Waals surface area contributed by atoms with Gasteiger partial charge in [0.1, 0.15) is 10.5 Å². The van der Waals surface area contributed by atoms with Gasteiger partial charge in [0.05, 0.1) is 12.2 Å². The average molecular weight is 282 g/mol. The van der Waals surface area contributed by atoms with Gasteiger partial charge in [0.15, 0.2) is 19.7 Å². The van der Waals surface area contributed by atoms with Crippen molar-refractivity contribution in [1.82, 2.24) is 0 Å². The fourth-order valence-electron chi connectivity index (χ4n) is 2.85. The van der Waals surface area contributed by atoms with Crippen molar-refractivity contribution in [3.8, 4) is 0 Å². The van der Waals surface area contributed by atoms with E-state index in [-0.39, 0.29) is 11.5 Å². The van der Waals surface area contributed by atoms with Crippen LogP contribution in [0.1, 0.15) is 26.7 Å². The van der Waals surface area contributed by atoms with Gasteiger partial charge in [-0.05, 0) is 12.8 Å². The highest BCUT2D eigenvalue weighted by Crippen LogP contribution is 2.42. The molecule has 7 heteroatoms. The molecule has 0 aromatic heterocycles. The Labute approximate surface area is 102 Å². The largest absolute Gasteiger partial charge is 0.372 e. The van der Waals surface area contributed by atoms with Crippen LogP contribution in [0.4, 0.5) is 0 Å². The molecule has 2 heterocycles. The molecule has 0 unspecified atom stereocenters. The Hall–Kier alpha value is -0.140. The lowest BCUT2D eigenvalue weighted by atomic mass is 10.00. The van der Waals surface area contributed by atoms with Gasteiger partial charge in [-0.15, -0.1) is 0 Å². The molecule has 5 nitrogen and oxygen atoms in total. The lowest BCUT2D eigenvalue weighted by molar-refractivity contribution is 0.106. The summed E-state index contributed by atoms with van der Waals surface area (Å²) in [5.41, 5.74) is 0. The van der Waals surface area contributed by atoms with Crippen molar-refractivity contribution in [3.05, 3.63) is 0 Å². The van der Waals surface area contributed by atoms with Crippen LogP contribution in [-0.4, -0.2) is 51.0 Å². The van der Waals surface area contributed by atoms with E-state index in [1.165, 1.54) is 0 Å². The molecule has 2 bridgehead atoms. The molecule has 0 aliphatic carbocycles. The number of hydrogen-bond acceptors (Lipinski definition) is 5. The summed E-state index contributed by atoms with van der Waals surface area (Å²) in [7, 11) is -6.75. The normalized spacial score (nSPS) is 37.5. The van der Waals surface area contributed by atoms with Crippen LogP contribution in [0.3, 0.4) is 0 Å². The molecule has 0 radical (unpaired) electrons. The summed E-state index contributed by atoms with van der Waals surface area (Å²) < 4.78 is 53.6. The van der Waals surface area contributed by atoms with Gasteiger partial charge in [-0.2, -0.15) is 0 Å². The van der Waals surface area contributed by atoms with Gasteiger partial charge in [-0.3, -0.25) is 0 Å². The van der Waals surface area contributed by atoms with Gasteiger partial charge in [0.25, 0.3) is 0 Å². The Balaban J connectivity index is 2.44. The third-order valence-electron chi connectivity index (χ3n) is 3.78. The fraction of sp³-hybridized carbons (Fsp3) is 1.00. The summed E-state index contributed by atoms with van der Waals surface area (Å²) in [6, 6.07) is 0. The fourth-order valence-corrected chi connectivity index (χ4v) is 7.13.